The standard InChI is InChI=1S/C10H10O2S2/c1-2-12-8-3-6-4-10(13)14-9(6)5-7(8)11/h3-5,11,13H,2H2,1H3. The Balaban J connectivity index is 2.58. The van der Waals surface area contributed by atoms with E-state index in [1.165, 1.54) is 0 Å². The third kappa shape index (κ3) is 1.67. The molecular weight excluding hydrogens is 216 g/mol. The maximum Gasteiger partial charge on any atom is 0.161 e. The number of thiol groups is 1. The summed E-state index contributed by atoms with van der Waals surface area (Å²) in [5.41, 5.74) is 0. The normalized spacial score (nSPS) is 10.7. The van der Waals surface area contributed by atoms with Crippen molar-refractivity contribution in [3.8, 4) is 11.5 Å². The molecule has 0 unspecified atom stereocenters. The number of phenolic OH excluding ortho intramolecular Hbond substituents is 1. The van der Waals surface area contributed by atoms with Gasteiger partial charge in [-0.2, -0.15) is 0 Å². The Morgan fingerprint density at radius 3 is 2.93 bits per heavy atom. The molecule has 0 aliphatic rings. The van der Waals surface area contributed by atoms with Gasteiger partial charge in [-0.05, 0) is 24.4 Å². The van der Waals surface area contributed by atoms with Gasteiger partial charge in [-0.3, -0.25) is 0 Å². The van der Waals surface area contributed by atoms with Gasteiger partial charge in [-0.25, -0.2) is 0 Å². The summed E-state index contributed by atoms with van der Waals surface area (Å²) >= 11 is 5.80. The van der Waals surface area contributed by atoms with Crippen LogP contribution in [0.3, 0.4) is 0 Å². The Labute approximate surface area is 91.5 Å². The van der Waals surface area contributed by atoms with Crippen LogP contribution in [-0.4, -0.2) is 11.7 Å². The predicted octanol–water partition coefficient (Wildman–Crippen LogP) is 3.29. The summed E-state index contributed by atoms with van der Waals surface area (Å²) in [4.78, 5) is 0. The number of aromatic hydroxyl groups is 1. The van der Waals surface area contributed by atoms with E-state index in [2.05, 4.69) is 12.6 Å². The lowest BCUT2D eigenvalue weighted by atomic mass is 10.2. The fourth-order valence-electron chi connectivity index (χ4n) is 1.31. The highest BCUT2D eigenvalue weighted by Crippen LogP contribution is 2.36. The molecule has 0 bridgehead atoms. The minimum Gasteiger partial charge on any atom is -0.504 e. The molecule has 0 fully saturated rings. The van der Waals surface area contributed by atoms with Gasteiger partial charge < -0.3 is 9.84 Å². The molecule has 74 valence electrons. The third-order valence-corrected chi connectivity index (χ3v) is 3.19. The van der Waals surface area contributed by atoms with Crippen molar-refractivity contribution in [2.24, 2.45) is 0 Å². The van der Waals surface area contributed by atoms with Crippen LogP contribution in [0.5, 0.6) is 11.5 Å². The van der Waals surface area contributed by atoms with E-state index in [-0.39, 0.29) is 5.75 Å². The molecule has 0 spiro atoms. The number of phenols is 1. The highest BCUT2D eigenvalue weighted by atomic mass is 32.2. The zero-order valence-corrected chi connectivity index (χ0v) is 9.36. The molecule has 0 amide bonds. The van der Waals surface area contributed by atoms with Gasteiger partial charge in [-0.1, -0.05) is 0 Å². The van der Waals surface area contributed by atoms with E-state index in [0.717, 1.165) is 14.3 Å². The molecule has 0 aliphatic heterocycles. The van der Waals surface area contributed by atoms with Crippen LogP contribution >= 0.6 is 24.0 Å². The Bertz CT molecular complexity index is 462. The number of benzene rings is 1. The van der Waals surface area contributed by atoms with E-state index in [4.69, 9.17) is 4.74 Å². The van der Waals surface area contributed by atoms with Crippen molar-refractivity contribution in [1.82, 2.24) is 0 Å². The van der Waals surface area contributed by atoms with Crippen LogP contribution in [0.2, 0.25) is 0 Å². The predicted molar refractivity (Wildman–Crippen MR) is 61.9 cm³/mol. The summed E-state index contributed by atoms with van der Waals surface area (Å²) in [7, 11) is 0. The van der Waals surface area contributed by atoms with Crippen molar-refractivity contribution in [3.63, 3.8) is 0 Å². The summed E-state index contributed by atoms with van der Waals surface area (Å²) < 4.78 is 7.25. The maximum atomic E-state index is 9.61. The minimum absolute atomic E-state index is 0.189. The van der Waals surface area contributed by atoms with E-state index >= 15 is 0 Å². The van der Waals surface area contributed by atoms with E-state index < -0.39 is 0 Å². The van der Waals surface area contributed by atoms with Crippen LogP contribution in [-0.2, 0) is 0 Å². The lowest BCUT2D eigenvalue weighted by molar-refractivity contribution is 0.319. The van der Waals surface area contributed by atoms with Gasteiger partial charge in [0.05, 0.1) is 10.8 Å². The molecule has 1 N–H and O–H groups in total. The Morgan fingerprint density at radius 1 is 1.43 bits per heavy atom. The Kier molecular flexibility index (Phi) is 2.56. The van der Waals surface area contributed by atoms with Gasteiger partial charge in [0.1, 0.15) is 0 Å². The molecule has 1 aromatic heterocycles. The average molecular weight is 226 g/mol. The van der Waals surface area contributed by atoms with Crippen LogP contribution < -0.4 is 4.74 Å². The SMILES string of the molecule is CCOc1cc2cc(S)sc2cc1O. The molecular formula is C10H10O2S2. The van der Waals surface area contributed by atoms with E-state index in [1.54, 1.807) is 17.4 Å². The van der Waals surface area contributed by atoms with E-state index in [9.17, 15) is 5.11 Å². The molecule has 0 radical (unpaired) electrons. The molecule has 0 saturated carbocycles. The van der Waals surface area contributed by atoms with E-state index in [0.29, 0.717) is 12.4 Å². The molecule has 2 nitrogen and oxygen atoms in total. The lowest BCUT2D eigenvalue weighted by Gasteiger charge is -2.04. The largest absolute Gasteiger partial charge is 0.504 e. The highest BCUT2D eigenvalue weighted by Gasteiger charge is 2.06. The van der Waals surface area contributed by atoms with Gasteiger partial charge in [0.15, 0.2) is 11.5 Å². The molecule has 4 heteroatoms. The monoisotopic (exact) mass is 226 g/mol. The molecule has 14 heavy (non-hydrogen) atoms. The summed E-state index contributed by atoms with van der Waals surface area (Å²) in [6.45, 7) is 2.44. The third-order valence-electron chi connectivity index (χ3n) is 1.88. The first-order valence-corrected chi connectivity index (χ1v) is 5.55. The number of ether oxygens (including phenoxy) is 1. The summed E-state index contributed by atoms with van der Waals surface area (Å²) in [5.74, 6) is 0.723. The zero-order valence-electron chi connectivity index (χ0n) is 7.65. The number of thiophene rings is 1. The number of hydrogen-bond acceptors (Lipinski definition) is 4. The first-order valence-electron chi connectivity index (χ1n) is 4.29. The fraction of sp³-hybridized carbons (Fsp3) is 0.200. The van der Waals surface area contributed by atoms with Crippen LogP contribution in [0.25, 0.3) is 10.1 Å². The molecule has 1 aromatic carbocycles. The van der Waals surface area contributed by atoms with Gasteiger partial charge in [0.25, 0.3) is 0 Å². The second kappa shape index (κ2) is 3.71. The fourth-order valence-corrected chi connectivity index (χ4v) is 2.56. The van der Waals surface area contributed by atoms with Crippen molar-refractivity contribution in [3.05, 3.63) is 18.2 Å². The summed E-state index contributed by atoms with van der Waals surface area (Å²) in [6.07, 6.45) is 0. The zero-order chi connectivity index (χ0) is 10.1. The first-order chi connectivity index (χ1) is 6.70. The summed E-state index contributed by atoms with van der Waals surface area (Å²) in [6, 6.07) is 5.51. The quantitative estimate of drug-likeness (QED) is 0.769. The van der Waals surface area contributed by atoms with Crippen molar-refractivity contribution in [1.29, 1.82) is 0 Å². The molecule has 0 atom stereocenters. The van der Waals surface area contributed by atoms with Gasteiger partial charge in [-0.15, -0.1) is 24.0 Å². The van der Waals surface area contributed by atoms with Gasteiger partial charge in [0, 0.05) is 10.8 Å². The molecule has 1 heterocycles. The van der Waals surface area contributed by atoms with Crippen LogP contribution in [0, 0.1) is 0 Å². The second-order valence-corrected chi connectivity index (χ2v) is 4.74. The lowest BCUT2D eigenvalue weighted by Crippen LogP contribution is -1.90. The number of fused-ring (bicyclic) bond motifs is 1. The van der Waals surface area contributed by atoms with Crippen molar-refractivity contribution in [2.45, 2.75) is 11.1 Å². The maximum absolute atomic E-state index is 9.61. The Hall–Kier alpha value is -0.870. The molecule has 0 aliphatic carbocycles. The van der Waals surface area contributed by atoms with Crippen LogP contribution in [0.15, 0.2) is 22.4 Å². The van der Waals surface area contributed by atoms with Crippen molar-refractivity contribution >= 4 is 34.1 Å². The minimum atomic E-state index is 0.189. The second-order valence-electron chi connectivity index (χ2n) is 2.88. The smallest absolute Gasteiger partial charge is 0.161 e. The molecule has 0 saturated heterocycles. The first kappa shape index (κ1) is 9.68. The van der Waals surface area contributed by atoms with Crippen LogP contribution in [0.4, 0.5) is 0 Å². The highest BCUT2D eigenvalue weighted by molar-refractivity contribution is 7.83. The van der Waals surface area contributed by atoms with Gasteiger partial charge in [0.2, 0.25) is 0 Å². The van der Waals surface area contributed by atoms with Crippen molar-refractivity contribution < 1.29 is 9.84 Å². The average Bonchev–Trinajstić information content (AvgIpc) is 2.45. The number of rotatable bonds is 2. The van der Waals surface area contributed by atoms with Gasteiger partial charge >= 0.3 is 0 Å². The Morgan fingerprint density at radius 2 is 2.21 bits per heavy atom. The van der Waals surface area contributed by atoms with Crippen molar-refractivity contribution in [2.75, 3.05) is 6.61 Å². The number of hydrogen-bond donors (Lipinski definition) is 2. The molecule has 2 rings (SSSR count). The van der Waals surface area contributed by atoms with E-state index in [1.807, 2.05) is 19.1 Å². The van der Waals surface area contributed by atoms with Crippen LogP contribution in [0.1, 0.15) is 6.92 Å². The topological polar surface area (TPSA) is 29.5 Å². The molecule has 2 aromatic rings. The summed E-state index contributed by atoms with van der Waals surface area (Å²) in [5, 5.41) is 10.7.